The highest BCUT2D eigenvalue weighted by Crippen LogP contribution is 2.39. The van der Waals surface area contributed by atoms with E-state index in [1.54, 1.807) is 19.9 Å². The van der Waals surface area contributed by atoms with Gasteiger partial charge < -0.3 is 14.8 Å². The number of ketones is 1. The molecule has 0 saturated heterocycles. The maximum absolute atomic E-state index is 13.0. The quantitative estimate of drug-likeness (QED) is 0.494. The third-order valence-electron chi connectivity index (χ3n) is 5.20. The lowest BCUT2D eigenvalue weighted by molar-refractivity contribution is -0.137. The third kappa shape index (κ3) is 3.56. The lowest BCUT2D eigenvalue weighted by Gasteiger charge is -2.28. The first-order valence-electron chi connectivity index (χ1n) is 9.69. The number of methoxy groups -OCH3 is 1. The zero-order valence-corrected chi connectivity index (χ0v) is 16.7. The van der Waals surface area contributed by atoms with Crippen molar-refractivity contribution in [1.82, 2.24) is 0 Å². The van der Waals surface area contributed by atoms with Crippen LogP contribution in [0.4, 0.5) is 5.69 Å². The van der Waals surface area contributed by atoms with E-state index >= 15 is 0 Å². The molecule has 1 N–H and O–H groups in total. The second-order valence-corrected chi connectivity index (χ2v) is 7.52. The molecule has 1 aliphatic rings. The number of fused-ring (bicyclic) bond motifs is 3. The Morgan fingerprint density at radius 1 is 1.07 bits per heavy atom. The van der Waals surface area contributed by atoms with Gasteiger partial charge in [0, 0.05) is 17.7 Å². The van der Waals surface area contributed by atoms with E-state index in [0.717, 1.165) is 27.6 Å². The number of esters is 1. The first-order chi connectivity index (χ1) is 14.0. The van der Waals surface area contributed by atoms with Gasteiger partial charge in [-0.05, 0) is 34.5 Å². The molecule has 4 rings (SSSR count). The summed E-state index contributed by atoms with van der Waals surface area (Å²) in [5, 5.41) is 5.50. The normalized spacial score (nSPS) is 15.7. The van der Waals surface area contributed by atoms with Gasteiger partial charge in [-0.1, -0.05) is 50.2 Å². The predicted octanol–water partition coefficient (Wildman–Crippen LogP) is 5.15. The molecule has 0 fully saturated rings. The molecule has 0 amide bonds. The Bertz CT molecular complexity index is 1100. The van der Waals surface area contributed by atoms with Crippen LogP contribution in [0.3, 0.4) is 0 Å². The van der Waals surface area contributed by atoms with Crippen molar-refractivity contribution in [1.29, 1.82) is 0 Å². The molecule has 0 unspecified atom stereocenters. The standard InChI is InChI=1S/C24H23NO4/c1-14(2)24(27)29-21-11-9-16(12-22(21)28-3)19-13-20(26)23-17-7-5-4-6-15(17)8-10-18(23)25-19/h4-12,14,19,25H,13H2,1-3H3/t19-/m0/s1. The van der Waals surface area contributed by atoms with Gasteiger partial charge in [0.1, 0.15) is 0 Å². The molecule has 148 valence electrons. The Kier molecular flexibility index (Phi) is 4.97. The van der Waals surface area contributed by atoms with Crippen molar-refractivity contribution in [2.75, 3.05) is 12.4 Å². The number of carbonyl (C=O) groups excluding carboxylic acids is 2. The zero-order chi connectivity index (χ0) is 20.5. The van der Waals surface area contributed by atoms with Crippen LogP contribution in [-0.2, 0) is 4.79 Å². The van der Waals surface area contributed by atoms with Gasteiger partial charge in [-0.15, -0.1) is 0 Å². The molecule has 0 aliphatic carbocycles. The minimum atomic E-state index is -0.317. The topological polar surface area (TPSA) is 64.6 Å². The summed E-state index contributed by atoms with van der Waals surface area (Å²) in [7, 11) is 1.53. The predicted molar refractivity (Wildman–Crippen MR) is 113 cm³/mol. The number of carbonyl (C=O) groups is 2. The highest BCUT2D eigenvalue weighted by Gasteiger charge is 2.28. The molecule has 1 aliphatic heterocycles. The van der Waals surface area contributed by atoms with E-state index in [-0.39, 0.29) is 23.7 Å². The van der Waals surface area contributed by atoms with E-state index in [4.69, 9.17) is 9.47 Å². The van der Waals surface area contributed by atoms with Gasteiger partial charge in [0.2, 0.25) is 0 Å². The van der Waals surface area contributed by atoms with E-state index < -0.39 is 0 Å². The molecule has 0 saturated carbocycles. The number of benzene rings is 3. The Morgan fingerprint density at radius 2 is 1.86 bits per heavy atom. The van der Waals surface area contributed by atoms with Crippen LogP contribution in [0.15, 0.2) is 54.6 Å². The van der Waals surface area contributed by atoms with Crippen LogP contribution < -0.4 is 14.8 Å². The van der Waals surface area contributed by atoms with Crippen molar-refractivity contribution < 1.29 is 19.1 Å². The molecule has 3 aromatic rings. The van der Waals surface area contributed by atoms with Gasteiger partial charge in [-0.2, -0.15) is 0 Å². The first kappa shape index (κ1) is 19.0. The van der Waals surface area contributed by atoms with Crippen LogP contribution in [0.1, 0.15) is 42.2 Å². The molecule has 1 atom stereocenters. The van der Waals surface area contributed by atoms with E-state index in [1.807, 2.05) is 48.5 Å². The van der Waals surface area contributed by atoms with Crippen LogP contribution in [0.5, 0.6) is 11.5 Å². The maximum atomic E-state index is 13.0. The number of Topliss-reactive ketones (excluding diaryl/α,β-unsaturated/α-hetero) is 1. The van der Waals surface area contributed by atoms with Crippen LogP contribution in [-0.4, -0.2) is 18.9 Å². The van der Waals surface area contributed by atoms with Gasteiger partial charge in [0.15, 0.2) is 17.3 Å². The molecule has 3 aromatic carbocycles. The zero-order valence-electron chi connectivity index (χ0n) is 16.7. The molecule has 29 heavy (non-hydrogen) atoms. The number of nitrogens with one attached hydrogen (secondary N) is 1. The maximum Gasteiger partial charge on any atom is 0.313 e. The summed E-state index contributed by atoms with van der Waals surface area (Å²) in [5.74, 6) is 0.402. The monoisotopic (exact) mass is 389 g/mol. The van der Waals surface area contributed by atoms with E-state index in [9.17, 15) is 9.59 Å². The van der Waals surface area contributed by atoms with Gasteiger partial charge in [-0.25, -0.2) is 0 Å². The molecule has 5 nitrogen and oxygen atoms in total. The second kappa shape index (κ2) is 7.59. The van der Waals surface area contributed by atoms with Crippen molar-refractivity contribution in [2.24, 2.45) is 5.92 Å². The van der Waals surface area contributed by atoms with Gasteiger partial charge in [-0.3, -0.25) is 9.59 Å². The Balaban J connectivity index is 1.66. The highest BCUT2D eigenvalue weighted by atomic mass is 16.6. The molecular weight excluding hydrogens is 366 g/mol. The number of hydrogen-bond donors (Lipinski definition) is 1. The summed E-state index contributed by atoms with van der Waals surface area (Å²) < 4.78 is 10.8. The van der Waals surface area contributed by atoms with Crippen molar-refractivity contribution in [3.05, 3.63) is 65.7 Å². The molecule has 0 radical (unpaired) electrons. The lowest BCUT2D eigenvalue weighted by atomic mass is 9.89. The van der Waals surface area contributed by atoms with Gasteiger partial charge >= 0.3 is 5.97 Å². The summed E-state index contributed by atoms with van der Waals surface area (Å²) in [5.41, 5.74) is 2.48. The fourth-order valence-electron chi connectivity index (χ4n) is 3.63. The number of anilines is 1. The average molecular weight is 389 g/mol. The summed E-state index contributed by atoms with van der Waals surface area (Å²) in [6, 6.07) is 17.1. The minimum absolute atomic E-state index is 0.106. The van der Waals surface area contributed by atoms with Crippen molar-refractivity contribution in [3.8, 4) is 11.5 Å². The first-order valence-corrected chi connectivity index (χ1v) is 9.69. The third-order valence-corrected chi connectivity index (χ3v) is 5.20. The molecule has 0 spiro atoms. The van der Waals surface area contributed by atoms with Gasteiger partial charge in [0.25, 0.3) is 0 Å². The van der Waals surface area contributed by atoms with E-state index in [0.29, 0.717) is 17.9 Å². The van der Waals surface area contributed by atoms with E-state index in [2.05, 4.69) is 5.32 Å². The summed E-state index contributed by atoms with van der Waals surface area (Å²) in [6.07, 6.45) is 0.343. The Labute approximate surface area is 169 Å². The Hall–Kier alpha value is -3.34. The van der Waals surface area contributed by atoms with Crippen molar-refractivity contribution in [3.63, 3.8) is 0 Å². The van der Waals surface area contributed by atoms with Crippen LogP contribution in [0.25, 0.3) is 10.8 Å². The smallest absolute Gasteiger partial charge is 0.313 e. The largest absolute Gasteiger partial charge is 0.493 e. The fourth-order valence-corrected chi connectivity index (χ4v) is 3.63. The van der Waals surface area contributed by atoms with Gasteiger partial charge in [0.05, 0.1) is 19.1 Å². The van der Waals surface area contributed by atoms with Crippen LogP contribution >= 0.6 is 0 Å². The van der Waals surface area contributed by atoms with Crippen LogP contribution in [0, 0.1) is 5.92 Å². The fraction of sp³-hybridized carbons (Fsp3) is 0.250. The van der Waals surface area contributed by atoms with Crippen molar-refractivity contribution >= 4 is 28.2 Å². The number of rotatable bonds is 4. The molecule has 0 bridgehead atoms. The molecule has 5 heteroatoms. The van der Waals surface area contributed by atoms with E-state index in [1.165, 1.54) is 7.11 Å². The highest BCUT2D eigenvalue weighted by molar-refractivity contribution is 6.14. The summed E-state index contributed by atoms with van der Waals surface area (Å²) in [4.78, 5) is 24.9. The summed E-state index contributed by atoms with van der Waals surface area (Å²) in [6.45, 7) is 3.56. The molecule has 1 heterocycles. The number of ether oxygens (including phenoxy) is 2. The number of hydrogen-bond acceptors (Lipinski definition) is 5. The van der Waals surface area contributed by atoms with Crippen LogP contribution in [0.2, 0.25) is 0 Å². The molecular formula is C24H23NO4. The average Bonchev–Trinajstić information content (AvgIpc) is 2.73. The Morgan fingerprint density at radius 3 is 2.62 bits per heavy atom. The minimum Gasteiger partial charge on any atom is -0.493 e. The summed E-state index contributed by atoms with van der Waals surface area (Å²) >= 11 is 0. The SMILES string of the molecule is COc1cc([C@@H]2CC(=O)c3c(ccc4ccccc34)N2)ccc1OC(=O)C(C)C. The van der Waals surface area contributed by atoms with Crippen molar-refractivity contribution in [2.45, 2.75) is 26.3 Å². The molecule has 0 aromatic heterocycles. The lowest BCUT2D eigenvalue weighted by Crippen LogP contribution is -2.23. The second-order valence-electron chi connectivity index (χ2n) is 7.52.